The molecule has 4 aromatic rings. The predicted octanol–water partition coefficient (Wildman–Crippen LogP) is 3.40. The normalized spacial score (nSPS) is 10.8. The molecule has 0 unspecified atom stereocenters. The highest BCUT2D eigenvalue weighted by Gasteiger charge is 2.10. The van der Waals surface area contributed by atoms with Gasteiger partial charge < -0.3 is 0 Å². The molecule has 0 saturated heterocycles. The summed E-state index contributed by atoms with van der Waals surface area (Å²) in [6, 6.07) is 13.9. The highest BCUT2D eigenvalue weighted by molar-refractivity contribution is 5.69. The highest BCUT2D eigenvalue weighted by Crippen LogP contribution is 2.26. The average Bonchev–Trinajstić information content (AvgIpc) is 3.15. The van der Waals surface area contributed by atoms with E-state index in [4.69, 9.17) is 0 Å². The first-order valence-electron chi connectivity index (χ1n) is 7.96. The van der Waals surface area contributed by atoms with Gasteiger partial charge in [-0.3, -0.25) is 9.97 Å². The lowest BCUT2D eigenvalue weighted by Crippen LogP contribution is -2.00. The number of aryl methyl sites for hydroxylation is 1. The molecular weight excluding hydrogens is 312 g/mol. The van der Waals surface area contributed by atoms with E-state index >= 15 is 0 Å². The third-order valence-corrected chi connectivity index (χ3v) is 4.18. The molecule has 0 amide bonds. The molecule has 0 aliphatic carbocycles. The van der Waals surface area contributed by atoms with Crippen LogP contribution in [-0.4, -0.2) is 30.2 Å². The Morgan fingerprint density at radius 3 is 2.72 bits per heavy atom. The minimum absolute atomic E-state index is 0.484. The Balaban J connectivity index is 1.73. The van der Waals surface area contributed by atoms with Gasteiger partial charge in [-0.25, -0.2) is 0 Å². The van der Waals surface area contributed by atoms with Crippen LogP contribution in [0.2, 0.25) is 0 Å². The Morgan fingerprint density at radius 1 is 0.960 bits per heavy atom. The number of hydrogen-bond donors (Lipinski definition) is 0. The topological polar surface area (TPSA) is 69.4 Å². The summed E-state index contributed by atoms with van der Waals surface area (Å²) in [5.74, 6) is 0.484. The first-order valence-corrected chi connectivity index (χ1v) is 7.96. The fourth-order valence-corrected chi connectivity index (χ4v) is 2.67. The van der Waals surface area contributed by atoms with E-state index in [1.54, 1.807) is 12.4 Å². The van der Waals surface area contributed by atoms with Crippen LogP contribution in [0.4, 0.5) is 0 Å². The summed E-state index contributed by atoms with van der Waals surface area (Å²) in [5, 5.41) is 12.6. The fourth-order valence-electron chi connectivity index (χ4n) is 2.67. The van der Waals surface area contributed by atoms with Crippen molar-refractivity contribution in [3.63, 3.8) is 0 Å². The molecule has 1 aromatic carbocycles. The number of nitrogens with zero attached hydrogens (tertiary/aromatic N) is 6. The number of aromatic nitrogens is 6. The van der Waals surface area contributed by atoms with Crippen molar-refractivity contribution in [1.82, 2.24) is 30.2 Å². The number of tetrazole rings is 1. The fraction of sp³-hybridized carbons (Fsp3) is 0.105. The average molecular weight is 328 g/mol. The van der Waals surface area contributed by atoms with Crippen molar-refractivity contribution in [2.24, 2.45) is 0 Å². The number of hydrogen-bond acceptors (Lipinski definition) is 5. The van der Waals surface area contributed by atoms with Gasteiger partial charge in [-0.2, -0.15) is 0 Å². The van der Waals surface area contributed by atoms with Gasteiger partial charge in [0.1, 0.15) is 11.4 Å². The summed E-state index contributed by atoms with van der Waals surface area (Å²) in [6.07, 6.45) is 5.28. The number of benzene rings is 1. The second-order valence-corrected chi connectivity index (χ2v) is 5.80. The first-order chi connectivity index (χ1) is 12.2. The SMILES string of the molecule is Cc1cccc(-c2cncc(-n3nnc(-c4ccccn4)n3)c2)c1C. The second kappa shape index (κ2) is 6.24. The number of rotatable bonds is 3. The zero-order valence-corrected chi connectivity index (χ0v) is 14.0. The van der Waals surface area contributed by atoms with E-state index < -0.39 is 0 Å². The molecule has 0 atom stereocenters. The van der Waals surface area contributed by atoms with Gasteiger partial charge in [-0.05, 0) is 54.0 Å². The first kappa shape index (κ1) is 15.1. The van der Waals surface area contributed by atoms with Gasteiger partial charge in [0, 0.05) is 18.0 Å². The van der Waals surface area contributed by atoms with E-state index in [0.29, 0.717) is 11.5 Å². The molecule has 25 heavy (non-hydrogen) atoms. The maximum absolute atomic E-state index is 4.42. The molecule has 0 aliphatic rings. The molecule has 0 N–H and O–H groups in total. The van der Waals surface area contributed by atoms with Gasteiger partial charge in [-0.15, -0.1) is 15.0 Å². The third-order valence-electron chi connectivity index (χ3n) is 4.18. The molecule has 0 radical (unpaired) electrons. The molecular formula is C19H16N6. The van der Waals surface area contributed by atoms with E-state index in [0.717, 1.165) is 16.8 Å². The lowest BCUT2D eigenvalue weighted by atomic mass is 9.98. The second-order valence-electron chi connectivity index (χ2n) is 5.80. The van der Waals surface area contributed by atoms with Crippen LogP contribution in [0.15, 0.2) is 61.1 Å². The Labute approximate surface area is 145 Å². The maximum Gasteiger partial charge on any atom is 0.223 e. The van der Waals surface area contributed by atoms with Crippen LogP contribution in [0.3, 0.4) is 0 Å². The van der Waals surface area contributed by atoms with Gasteiger partial charge >= 0.3 is 0 Å². The Bertz CT molecular complexity index is 1020. The molecule has 0 fully saturated rings. The van der Waals surface area contributed by atoms with Gasteiger partial charge in [0.25, 0.3) is 0 Å². The summed E-state index contributed by atoms with van der Waals surface area (Å²) in [5.41, 5.74) is 6.11. The van der Waals surface area contributed by atoms with Crippen LogP contribution in [0.1, 0.15) is 11.1 Å². The van der Waals surface area contributed by atoms with Crippen LogP contribution in [0.25, 0.3) is 28.3 Å². The van der Waals surface area contributed by atoms with Crippen LogP contribution in [-0.2, 0) is 0 Å². The minimum Gasteiger partial charge on any atom is -0.262 e. The van der Waals surface area contributed by atoms with Gasteiger partial charge in [0.05, 0.1) is 6.20 Å². The smallest absolute Gasteiger partial charge is 0.223 e. The van der Waals surface area contributed by atoms with Crippen molar-refractivity contribution in [2.45, 2.75) is 13.8 Å². The van der Waals surface area contributed by atoms with Crippen molar-refractivity contribution in [3.05, 3.63) is 72.2 Å². The standard InChI is InChI=1S/C19H16N6/c1-13-6-5-7-17(14(13)2)15-10-16(12-20-11-15)25-23-19(22-24-25)18-8-3-4-9-21-18/h3-12H,1-2H3. The molecule has 3 aromatic heterocycles. The molecule has 122 valence electrons. The molecule has 4 rings (SSSR count). The zero-order valence-electron chi connectivity index (χ0n) is 14.0. The van der Waals surface area contributed by atoms with Gasteiger partial charge in [0.2, 0.25) is 5.82 Å². The van der Waals surface area contributed by atoms with Crippen LogP contribution >= 0.6 is 0 Å². The summed E-state index contributed by atoms with van der Waals surface area (Å²) in [4.78, 5) is 10.1. The predicted molar refractivity (Wildman–Crippen MR) is 95.1 cm³/mol. The van der Waals surface area contributed by atoms with E-state index in [1.807, 2.05) is 30.5 Å². The van der Waals surface area contributed by atoms with Crippen LogP contribution in [0, 0.1) is 13.8 Å². The minimum atomic E-state index is 0.484. The molecule has 0 spiro atoms. The lowest BCUT2D eigenvalue weighted by molar-refractivity contribution is 0.717. The zero-order chi connectivity index (χ0) is 17.2. The summed E-state index contributed by atoms with van der Waals surface area (Å²) >= 11 is 0. The largest absolute Gasteiger partial charge is 0.262 e. The Morgan fingerprint density at radius 2 is 1.88 bits per heavy atom. The van der Waals surface area contributed by atoms with E-state index in [-0.39, 0.29) is 0 Å². The highest BCUT2D eigenvalue weighted by atomic mass is 15.6. The van der Waals surface area contributed by atoms with Crippen LogP contribution < -0.4 is 0 Å². The van der Waals surface area contributed by atoms with Gasteiger partial charge in [0.15, 0.2) is 0 Å². The number of pyridine rings is 2. The Kier molecular flexibility index (Phi) is 3.78. The monoisotopic (exact) mass is 328 g/mol. The van der Waals surface area contributed by atoms with Gasteiger partial charge in [-0.1, -0.05) is 24.3 Å². The molecule has 0 saturated carbocycles. The molecule has 0 bridgehead atoms. The van der Waals surface area contributed by atoms with E-state index in [1.165, 1.54) is 15.9 Å². The maximum atomic E-state index is 4.42. The van der Waals surface area contributed by atoms with Crippen molar-refractivity contribution in [3.8, 4) is 28.3 Å². The van der Waals surface area contributed by atoms with Crippen molar-refractivity contribution >= 4 is 0 Å². The molecule has 6 nitrogen and oxygen atoms in total. The quantitative estimate of drug-likeness (QED) is 0.576. The van der Waals surface area contributed by atoms with Crippen molar-refractivity contribution < 1.29 is 0 Å². The van der Waals surface area contributed by atoms with Crippen molar-refractivity contribution in [1.29, 1.82) is 0 Å². The summed E-state index contributed by atoms with van der Waals surface area (Å²) in [6.45, 7) is 4.22. The lowest BCUT2D eigenvalue weighted by Gasteiger charge is -2.09. The summed E-state index contributed by atoms with van der Waals surface area (Å²) in [7, 11) is 0. The summed E-state index contributed by atoms with van der Waals surface area (Å²) < 4.78 is 0. The van der Waals surface area contributed by atoms with Crippen molar-refractivity contribution in [2.75, 3.05) is 0 Å². The molecule has 3 heterocycles. The Hall–Kier alpha value is -3.41. The van der Waals surface area contributed by atoms with Crippen LogP contribution in [0.5, 0.6) is 0 Å². The van der Waals surface area contributed by atoms with E-state index in [9.17, 15) is 0 Å². The molecule has 6 heteroatoms. The third kappa shape index (κ3) is 2.89. The van der Waals surface area contributed by atoms with E-state index in [2.05, 4.69) is 57.4 Å². The molecule has 0 aliphatic heterocycles.